The molecule has 45 heavy (non-hydrogen) atoms. The van der Waals surface area contributed by atoms with E-state index < -0.39 is 0 Å². The lowest BCUT2D eigenvalue weighted by molar-refractivity contribution is 0.667. The normalized spacial score (nSPS) is 11.2. The Morgan fingerprint density at radius 1 is 0.356 bits per heavy atom. The van der Waals surface area contributed by atoms with Crippen molar-refractivity contribution in [2.24, 2.45) is 0 Å². The van der Waals surface area contributed by atoms with E-state index in [1.807, 2.05) is 0 Å². The molecule has 0 radical (unpaired) electrons. The number of aryl methyl sites for hydroxylation is 1. The van der Waals surface area contributed by atoms with Gasteiger partial charge in [-0.3, -0.25) is 0 Å². The van der Waals surface area contributed by atoms with Crippen LogP contribution >= 0.6 is 0 Å². The highest BCUT2D eigenvalue weighted by Gasteiger charge is 2.16. The Bertz CT molecular complexity index is 2150. The third-order valence-corrected chi connectivity index (χ3v) is 8.62. The smallest absolute Gasteiger partial charge is 0.143 e. The first kappa shape index (κ1) is 26.7. The number of hydrogen-bond acceptors (Lipinski definition) is 2. The lowest BCUT2D eigenvalue weighted by Gasteiger charge is -2.26. The van der Waals surface area contributed by atoms with Gasteiger partial charge in [-0.05, 0) is 76.7 Å². The number of fused-ring (bicyclic) bond motifs is 3. The molecule has 0 spiro atoms. The first-order valence-electron chi connectivity index (χ1n) is 15.4. The standard InChI is InChI=1S/C43H31NO/c1-30-10-8-16-40-41-17-9-15-39(43(41)45-42(30)40)35-22-28-38(29-23-35)44(36-24-18-33(19-25-36)31-11-4-2-5-12-31)37-26-20-34(21-27-37)32-13-6-3-7-14-32/h2-29H,1H3. The van der Waals surface area contributed by atoms with Crippen molar-refractivity contribution < 1.29 is 4.42 Å². The Morgan fingerprint density at radius 2 is 0.778 bits per heavy atom. The van der Waals surface area contributed by atoms with Gasteiger partial charge in [0.2, 0.25) is 0 Å². The average Bonchev–Trinajstić information content (AvgIpc) is 3.51. The number of hydrogen-bond donors (Lipinski definition) is 0. The van der Waals surface area contributed by atoms with Crippen LogP contribution < -0.4 is 4.90 Å². The Labute approximate surface area is 263 Å². The number of rotatable bonds is 6. The summed E-state index contributed by atoms with van der Waals surface area (Å²) in [5.41, 5.74) is 13.4. The minimum absolute atomic E-state index is 0.930. The molecule has 0 unspecified atom stereocenters. The van der Waals surface area contributed by atoms with Gasteiger partial charge >= 0.3 is 0 Å². The SMILES string of the molecule is Cc1cccc2c1oc1c(-c3ccc(N(c4ccc(-c5ccccc5)cc4)c4ccc(-c5ccccc5)cc4)cc3)cccc12. The highest BCUT2D eigenvalue weighted by molar-refractivity contribution is 6.10. The predicted octanol–water partition coefficient (Wildman–Crippen LogP) is 12.4. The van der Waals surface area contributed by atoms with Crippen LogP contribution in [0.25, 0.3) is 55.3 Å². The van der Waals surface area contributed by atoms with Crippen molar-refractivity contribution in [3.05, 3.63) is 175 Å². The zero-order valence-corrected chi connectivity index (χ0v) is 25.0. The molecule has 0 N–H and O–H groups in total. The molecule has 0 fully saturated rings. The molecule has 0 bridgehead atoms. The van der Waals surface area contributed by atoms with Gasteiger partial charge < -0.3 is 9.32 Å². The summed E-state index contributed by atoms with van der Waals surface area (Å²) in [5, 5.41) is 2.31. The zero-order valence-electron chi connectivity index (χ0n) is 25.0. The number of benzene rings is 7. The van der Waals surface area contributed by atoms with Gasteiger partial charge in [-0.15, -0.1) is 0 Å². The summed E-state index contributed by atoms with van der Waals surface area (Å²) in [6.45, 7) is 2.10. The van der Waals surface area contributed by atoms with E-state index in [2.05, 4.69) is 182 Å². The van der Waals surface area contributed by atoms with E-state index in [1.165, 1.54) is 22.3 Å². The average molecular weight is 578 g/mol. The number of anilines is 3. The highest BCUT2D eigenvalue weighted by atomic mass is 16.3. The van der Waals surface area contributed by atoms with Crippen LogP contribution in [-0.2, 0) is 0 Å². The van der Waals surface area contributed by atoms with Crippen molar-refractivity contribution in [3.8, 4) is 33.4 Å². The summed E-state index contributed by atoms with van der Waals surface area (Å²) >= 11 is 0. The number of nitrogens with zero attached hydrogens (tertiary/aromatic N) is 1. The van der Waals surface area contributed by atoms with E-state index in [9.17, 15) is 0 Å². The van der Waals surface area contributed by atoms with Crippen molar-refractivity contribution >= 4 is 39.0 Å². The topological polar surface area (TPSA) is 16.4 Å². The van der Waals surface area contributed by atoms with Crippen LogP contribution in [0.3, 0.4) is 0 Å². The van der Waals surface area contributed by atoms with Crippen LogP contribution in [0.1, 0.15) is 5.56 Å². The van der Waals surface area contributed by atoms with Crippen LogP contribution in [0.15, 0.2) is 174 Å². The Hall–Kier alpha value is -5.86. The van der Waals surface area contributed by atoms with E-state index >= 15 is 0 Å². The van der Waals surface area contributed by atoms with Gasteiger partial charge in [-0.1, -0.05) is 133 Å². The van der Waals surface area contributed by atoms with Crippen molar-refractivity contribution in [1.82, 2.24) is 0 Å². The summed E-state index contributed by atoms with van der Waals surface area (Å²) in [5.74, 6) is 0. The summed E-state index contributed by atoms with van der Waals surface area (Å²) in [4.78, 5) is 2.32. The molecule has 0 atom stereocenters. The van der Waals surface area contributed by atoms with Gasteiger partial charge in [0.15, 0.2) is 0 Å². The molecule has 0 aliphatic rings. The molecular formula is C43H31NO. The molecule has 8 aromatic rings. The summed E-state index contributed by atoms with van der Waals surface area (Å²) < 4.78 is 6.47. The quantitative estimate of drug-likeness (QED) is 0.195. The minimum atomic E-state index is 0.930. The summed E-state index contributed by atoms with van der Waals surface area (Å²) in [6, 6.07) is 60.3. The molecule has 2 nitrogen and oxygen atoms in total. The van der Waals surface area contributed by atoms with Crippen LogP contribution in [0.4, 0.5) is 17.1 Å². The molecule has 214 valence electrons. The van der Waals surface area contributed by atoms with Gasteiger partial charge in [0.1, 0.15) is 11.2 Å². The minimum Gasteiger partial charge on any atom is -0.455 e. The second-order valence-electron chi connectivity index (χ2n) is 11.4. The molecular weight excluding hydrogens is 546 g/mol. The fourth-order valence-corrected chi connectivity index (χ4v) is 6.29. The Morgan fingerprint density at radius 3 is 1.29 bits per heavy atom. The van der Waals surface area contributed by atoms with E-state index in [0.717, 1.165) is 55.7 Å². The van der Waals surface area contributed by atoms with Gasteiger partial charge in [0, 0.05) is 33.4 Å². The van der Waals surface area contributed by atoms with Crippen LogP contribution in [0.5, 0.6) is 0 Å². The molecule has 7 aromatic carbocycles. The van der Waals surface area contributed by atoms with Crippen LogP contribution in [0.2, 0.25) is 0 Å². The summed E-state index contributed by atoms with van der Waals surface area (Å²) in [7, 11) is 0. The molecule has 0 aliphatic carbocycles. The first-order chi connectivity index (χ1) is 22.2. The largest absolute Gasteiger partial charge is 0.455 e. The third kappa shape index (κ3) is 4.97. The van der Waals surface area contributed by atoms with E-state index in [4.69, 9.17) is 4.42 Å². The van der Waals surface area contributed by atoms with E-state index in [0.29, 0.717) is 0 Å². The van der Waals surface area contributed by atoms with Crippen LogP contribution in [-0.4, -0.2) is 0 Å². The second-order valence-corrected chi connectivity index (χ2v) is 11.4. The maximum Gasteiger partial charge on any atom is 0.143 e. The molecule has 0 saturated carbocycles. The van der Waals surface area contributed by atoms with E-state index in [1.54, 1.807) is 0 Å². The monoisotopic (exact) mass is 577 g/mol. The molecule has 1 aromatic heterocycles. The highest BCUT2D eigenvalue weighted by Crippen LogP contribution is 2.40. The van der Waals surface area contributed by atoms with Crippen molar-refractivity contribution in [1.29, 1.82) is 0 Å². The fourth-order valence-electron chi connectivity index (χ4n) is 6.29. The lowest BCUT2D eigenvalue weighted by Crippen LogP contribution is -2.09. The molecule has 8 rings (SSSR count). The van der Waals surface area contributed by atoms with Crippen LogP contribution in [0, 0.1) is 6.92 Å². The Balaban J connectivity index is 1.20. The predicted molar refractivity (Wildman–Crippen MR) is 189 cm³/mol. The molecule has 0 amide bonds. The van der Waals surface area contributed by atoms with E-state index in [-0.39, 0.29) is 0 Å². The zero-order chi connectivity index (χ0) is 30.2. The van der Waals surface area contributed by atoms with Gasteiger partial charge in [-0.2, -0.15) is 0 Å². The number of para-hydroxylation sites is 2. The van der Waals surface area contributed by atoms with Crippen molar-refractivity contribution in [2.75, 3.05) is 4.90 Å². The summed E-state index contributed by atoms with van der Waals surface area (Å²) in [6.07, 6.45) is 0. The van der Waals surface area contributed by atoms with Gasteiger partial charge in [-0.25, -0.2) is 0 Å². The van der Waals surface area contributed by atoms with Crippen molar-refractivity contribution in [3.63, 3.8) is 0 Å². The van der Waals surface area contributed by atoms with Gasteiger partial charge in [0.05, 0.1) is 0 Å². The third-order valence-electron chi connectivity index (χ3n) is 8.62. The fraction of sp³-hybridized carbons (Fsp3) is 0.0233. The molecule has 0 saturated heterocycles. The molecule has 0 aliphatic heterocycles. The number of furan rings is 1. The second kappa shape index (κ2) is 11.3. The maximum absolute atomic E-state index is 6.47. The molecule has 2 heteroatoms. The van der Waals surface area contributed by atoms with Crippen molar-refractivity contribution in [2.45, 2.75) is 6.92 Å². The first-order valence-corrected chi connectivity index (χ1v) is 15.4. The lowest BCUT2D eigenvalue weighted by atomic mass is 10.0. The maximum atomic E-state index is 6.47. The van der Waals surface area contributed by atoms with Gasteiger partial charge in [0.25, 0.3) is 0 Å². The molecule has 1 heterocycles. The Kier molecular flexibility index (Phi) is 6.73.